The van der Waals surface area contributed by atoms with Gasteiger partial charge in [0.25, 0.3) is 0 Å². The number of likely N-dealkylation sites (N-methyl/N-ethyl adjacent to an activating group) is 1. The predicted molar refractivity (Wildman–Crippen MR) is 58.1 cm³/mol. The Morgan fingerprint density at radius 3 is 2.73 bits per heavy atom. The molecule has 1 aliphatic carbocycles. The van der Waals surface area contributed by atoms with Crippen LogP contribution in [0.5, 0.6) is 0 Å². The maximum Gasteiger partial charge on any atom is 0.234 e. The van der Waals surface area contributed by atoms with E-state index in [1.165, 1.54) is 12.8 Å². The van der Waals surface area contributed by atoms with E-state index in [1.54, 1.807) is 18.9 Å². The second-order valence-corrected chi connectivity index (χ2v) is 4.27. The molecule has 1 fully saturated rings. The molecule has 0 aromatic rings. The number of nitrogens with one attached hydrogen (secondary N) is 1. The zero-order valence-electron chi connectivity index (χ0n) is 9.49. The van der Waals surface area contributed by atoms with Gasteiger partial charge >= 0.3 is 0 Å². The van der Waals surface area contributed by atoms with Crippen LogP contribution in [0.4, 0.5) is 0 Å². The highest BCUT2D eigenvalue weighted by Crippen LogP contribution is 2.17. The van der Waals surface area contributed by atoms with Crippen LogP contribution in [0.2, 0.25) is 0 Å². The van der Waals surface area contributed by atoms with Crippen molar-refractivity contribution in [1.29, 1.82) is 5.26 Å². The molecule has 0 aromatic carbocycles. The van der Waals surface area contributed by atoms with Gasteiger partial charge in [0.05, 0.1) is 18.7 Å². The molecule has 0 aromatic heterocycles. The molecule has 84 valence electrons. The van der Waals surface area contributed by atoms with Crippen molar-refractivity contribution >= 4 is 5.91 Å². The van der Waals surface area contributed by atoms with E-state index in [9.17, 15) is 4.79 Å². The van der Waals surface area contributed by atoms with Gasteiger partial charge in [-0.1, -0.05) is 12.8 Å². The van der Waals surface area contributed by atoms with Crippen LogP contribution in [0.1, 0.15) is 32.6 Å². The quantitative estimate of drug-likeness (QED) is 0.748. The Morgan fingerprint density at radius 2 is 2.20 bits per heavy atom. The van der Waals surface area contributed by atoms with Crippen LogP contribution in [-0.4, -0.2) is 36.5 Å². The Kier molecular flexibility index (Phi) is 4.57. The molecule has 1 N–H and O–H groups in total. The maximum atomic E-state index is 11.6. The monoisotopic (exact) mass is 209 g/mol. The van der Waals surface area contributed by atoms with Crippen molar-refractivity contribution in [2.24, 2.45) is 0 Å². The summed E-state index contributed by atoms with van der Waals surface area (Å²) < 4.78 is 0. The first kappa shape index (κ1) is 12.0. The third kappa shape index (κ3) is 3.88. The molecule has 1 amide bonds. The van der Waals surface area contributed by atoms with Gasteiger partial charge in [-0.3, -0.25) is 9.69 Å². The first-order valence-corrected chi connectivity index (χ1v) is 5.52. The van der Waals surface area contributed by atoms with E-state index in [0.29, 0.717) is 12.6 Å². The van der Waals surface area contributed by atoms with Gasteiger partial charge < -0.3 is 5.32 Å². The molecule has 4 nitrogen and oxygen atoms in total. The number of nitrogens with zero attached hydrogens (tertiary/aromatic N) is 2. The van der Waals surface area contributed by atoms with E-state index in [4.69, 9.17) is 5.26 Å². The molecule has 0 saturated heterocycles. The average molecular weight is 209 g/mol. The fourth-order valence-corrected chi connectivity index (χ4v) is 1.81. The molecule has 0 spiro atoms. The lowest BCUT2D eigenvalue weighted by Gasteiger charge is -2.19. The van der Waals surface area contributed by atoms with Gasteiger partial charge in [0.1, 0.15) is 0 Å². The van der Waals surface area contributed by atoms with E-state index in [-0.39, 0.29) is 11.9 Å². The normalized spacial score (nSPS) is 18.8. The van der Waals surface area contributed by atoms with E-state index in [0.717, 1.165) is 12.8 Å². The van der Waals surface area contributed by atoms with Gasteiger partial charge in [-0.2, -0.15) is 5.26 Å². The van der Waals surface area contributed by atoms with Crippen molar-refractivity contribution in [3.05, 3.63) is 0 Å². The molecule has 1 aliphatic rings. The molecule has 0 radical (unpaired) electrons. The first-order chi connectivity index (χ1) is 7.13. The Labute approximate surface area is 91.2 Å². The minimum Gasteiger partial charge on any atom is -0.352 e. The van der Waals surface area contributed by atoms with Crippen molar-refractivity contribution in [3.8, 4) is 6.07 Å². The zero-order valence-corrected chi connectivity index (χ0v) is 9.49. The smallest absolute Gasteiger partial charge is 0.234 e. The first-order valence-electron chi connectivity index (χ1n) is 5.52. The van der Waals surface area contributed by atoms with Crippen LogP contribution >= 0.6 is 0 Å². The Balaban J connectivity index is 2.26. The van der Waals surface area contributed by atoms with Crippen LogP contribution in [0.3, 0.4) is 0 Å². The van der Waals surface area contributed by atoms with Crippen molar-refractivity contribution < 1.29 is 4.79 Å². The van der Waals surface area contributed by atoms with Gasteiger partial charge in [0.2, 0.25) is 5.91 Å². The number of nitriles is 1. The average Bonchev–Trinajstić information content (AvgIpc) is 2.68. The molecule has 0 bridgehead atoms. The minimum atomic E-state index is -0.209. The summed E-state index contributed by atoms with van der Waals surface area (Å²) in [5, 5.41) is 11.7. The largest absolute Gasteiger partial charge is 0.352 e. The molecular weight excluding hydrogens is 190 g/mol. The van der Waals surface area contributed by atoms with E-state index >= 15 is 0 Å². The molecule has 4 heteroatoms. The zero-order chi connectivity index (χ0) is 11.3. The summed E-state index contributed by atoms with van der Waals surface area (Å²) in [4.78, 5) is 13.3. The van der Waals surface area contributed by atoms with Gasteiger partial charge in [-0.15, -0.1) is 0 Å². The number of hydrogen-bond donors (Lipinski definition) is 1. The Bertz CT molecular complexity index is 253. The number of amides is 1. The molecule has 15 heavy (non-hydrogen) atoms. The maximum absolute atomic E-state index is 11.6. The summed E-state index contributed by atoms with van der Waals surface area (Å²) in [6.45, 7) is 2.11. The molecular formula is C11H19N3O. The number of carbonyl (C=O) groups excluding carboxylic acids is 1. The highest BCUT2D eigenvalue weighted by molar-refractivity contribution is 5.78. The minimum absolute atomic E-state index is 0.0338. The lowest BCUT2D eigenvalue weighted by molar-refractivity contribution is -0.122. The summed E-state index contributed by atoms with van der Waals surface area (Å²) in [6, 6.07) is 2.26. The van der Waals surface area contributed by atoms with Crippen LogP contribution < -0.4 is 5.32 Å². The summed E-state index contributed by atoms with van der Waals surface area (Å²) in [6.07, 6.45) is 4.64. The van der Waals surface area contributed by atoms with Crippen LogP contribution in [0.15, 0.2) is 0 Å². The van der Waals surface area contributed by atoms with Gasteiger partial charge in [0, 0.05) is 6.04 Å². The lowest BCUT2D eigenvalue weighted by atomic mass is 10.2. The molecule has 0 heterocycles. The summed E-state index contributed by atoms with van der Waals surface area (Å²) in [5.41, 5.74) is 0. The van der Waals surface area contributed by atoms with Crippen molar-refractivity contribution in [2.45, 2.75) is 44.7 Å². The standard InChI is InChI=1S/C11H19N3O/c1-9(7-12)14(2)8-11(15)13-10-5-3-4-6-10/h9-10H,3-6,8H2,1-2H3,(H,13,15). The fourth-order valence-electron chi connectivity index (χ4n) is 1.81. The Morgan fingerprint density at radius 1 is 1.60 bits per heavy atom. The van der Waals surface area contributed by atoms with Gasteiger partial charge in [0.15, 0.2) is 0 Å². The highest BCUT2D eigenvalue weighted by Gasteiger charge is 2.18. The van der Waals surface area contributed by atoms with Crippen molar-refractivity contribution in [2.75, 3.05) is 13.6 Å². The Hall–Kier alpha value is -1.08. The molecule has 1 atom stereocenters. The SMILES string of the molecule is CC(C#N)N(C)CC(=O)NC1CCCC1. The van der Waals surface area contributed by atoms with Crippen LogP contribution in [0.25, 0.3) is 0 Å². The van der Waals surface area contributed by atoms with E-state index < -0.39 is 0 Å². The molecule has 1 unspecified atom stereocenters. The topological polar surface area (TPSA) is 56.1 Å². The second kappa shape index (κ2) is 5.72. The summed E-state index contributed by atoms with van der Waals surface area (Å²) in [5.74, 6) is 0.0338. The summed E-state index contributed by atoms with van der Waals surface area (Å²) >= 11 is 0. The number of carbonyl (C=O) groups is 1. The molecule has 1 saturated carbocycles. The molecule has 0 aliphatic heterocycles. The lowest BCUT2D eigenvalue weighted by Crippen LogP contribution is -2.42. The van der Waals surface area contributed by atoms with Crippen LogP contribution in [-0.2, 0) is 4.79 Å². The fraction of sp³-hybridized carbons (Fsp3) is 0.818. The third-order valence-corrected chi connectivity index (χ3v) is 2.96. The van der Waals surface area contributed by atoms with Crippen molar-refractivity contribution in [3.63, 3.8) is 0 Å². The molecule has 1 rings (SSSR count). The van der Waals surface area contributed by atoms with Crippen LogP contribution in [0, 0.1) is 11.3 Å². The summed E-state index contributed by atoms with van der Waals surface area (Å²) in [7, 11) is 1.79. The van der Waals surface area contributed by atoms with Crippen molar-refractivity contribution in [1.82, 2.24) is 10.2 Å². The third-order valence-electron chi connectivity index (χ3n) is 2.96. The number of hydrogen-bond acceptors (Lipinski definition) is 3. The second-order valence-electron chi connectivity index (χ2n) is 4.27. The predicted octanol–water partition coefficient (Wildman–Crippen LogP) is 0.889. The van der Waals surface area contributed by atoms with E-state index in [1.807, 2.05) is 0 Å². The van der Waals surface area contributed by atoms with Gasteiger partial charge in [-0.25, -0.2) is 0 Å². The number of rotatable bonds is 4. The van der Waals surface area contributed by atoms with Gasteiger partial charge in [-0.05, 0) is 26.8 Å². The highest BCUT2D eigenvalue weighted by atomic mass is 16.2. The van der Waals surface area contributed by atoms with E-state index in [2.05, 4.69) is 11.4 Å².